The van der Waals surface area contributed by atoms with Gasteiger partial charge in [0.2, 0.25) is 0 Å². The Hall–Kier alpha value is -1.76. The third kappa shape index (κ3) is 3.91. The number of rotatable bonds is 5. The average Bonchev–Trinajstić information content (AvgIpc) is 3.27. The van der Waals surface area contributed by atoms with E-state index in [2.05, 4.69) is 20.6 Å². The summed E-state index contributed by atoms with van der Waals surface area (Å²) in [6.45, 7) is 2.13. The van der Waals surface area contributed by atoms with Crippen molar-refractivity contribution < 1.29 is 9.90 Å². The molecule has 0 bridgehead atoms. The second-order valence-corrected chi connectivity index (χ2v) is 6.42. The largest absolute Gasteiger partial charge is 0.391 e. The summed E-state index contributed by atoms with van der Waals surface area (Å²) in [7, 11) is 1.90. The van der Waals surface area contributed by atoms with Crippen molar-refractivity contribution in [1.29, 1.82) is 0 Å². The Morgan fingerprint density at radius 2 is 2.32 bits per heavy atom. The number of carbonyl (C=O) groups is 1. The van der Waals surface area contributed by atoms with Gasteiger partial charge in [-0.3, -0.25) is 4.68 Å². The maximum Gasteiger partial charge on any atom is 0.315 e. The summed E-state index contributed by atoms with van der Waals surface area (Å²) in [4.78, 5) is 14.2. The van der Waals surface area contributed by atoms with Crippen molar-refractivity contribution in [3.63, 3.8) is 0 Å². The predicted molar refractivity (Wildman–Crippen MR) is 83.7 cm³/mol. The lowest BCUT2D eigenvalue weighted by Gasteiger charge is -2.33. The molecule has 2 atom stereocenters. The van der Waals surface area contributed by atoms with E-state index in [0.717, 1.165) is 44.5 Å². The summed E-state index contributed by atoms with van der Waals surface area (Å²) in [5.41, 5.74) is 1.10. The molecule has 0 unspecified atom stereocenters. The van der Waals surface area contributed by atoms with Gasteiger partial charge in [-0.15, -0.1) is 0 Å². The summed E-state index contributed by atoms with van der Waals surface area (Å²) >= 11 is 0. The molecule has 0 spiro atoms. The maximum absolute atomic E-state index is 11.9. The average molecular weight is 307 g/mol. The summed E-state index contributed by atoms with van der Waals surface area (Å²) < 4.78 is 1.79. The quantitative estimate of drug-likeness (QED) is 0.738. The van der Waals surface area contributed by atoms with Gasteiger partial charge in [-0.05, 0) is 31.6 Å². The number of aliphatic hydroxyl groups is 1. The Labute approximate surface area is 130 Å². The summed E-state index contributed by atoms with van der Waals surface area (Å²) in [6.07, 6.45) is 7.63. The molecule has 2 amide bonds. The van der Waals surface area contributed by atoms with E-state index in [1.165, 1.54) is 0 Å². The van der Waals surface area contributed by atoms with Gasteiger partial charge >= 0.3 is 6.03 Å². The number of urea groups is 1. The summed E-state index contributed by atoms with van der Waals surface area (Å²) in [6, 6.07) is -0.0511. The van der Waals surface area contributed by atoms with Crippen molar-refractivity contribution in [2.45, 2.75) is 37.8 Å². The number of aryl methyl sites for hydroxylation is 1. The van der Waals surface area contributed by atoms with Crippen LogP contribution in [0.4, 0.5) is 10.5 Å². The second kappa shape index (κ2) is 6.56. The van der Waals surface area contributed by atoms with Gasteiger partial charge in [0, 0.05) is 38.9 Å². The molecule has 1 saturated heterocycles. The third-order valence-electron chi connectivity index (χ3n) is 4.45. The first-order valence-electron chi connectivity index (χ1n) is 8.08. The lowest BCUT2D eigenvalue weighted by atomic mass is 10.1. The van der Waals surface area contributed by atoms with Crippen molar-refractivity contribution >= 4 is 11.7 Å². The highest BCUT2D eigenvalue weighted by Gasteiger charge is 2.30. The van der Waals surface area contributed by atoms with Crippen LogP contribution in [-0.2, 0) is 7.05 Å². The van der Waals surface area contributed by atoms with E-state index in [1.807, 2.05) is 19.4 Å². The van der Waals surface area contributed by atoms with Gasteiger partial charge in [0.1, 0.15) is 0 Å². The molecule has 1 saturated carbocycles. The minimum absolute atomic E-state index is 0.132. The van der Waals surface area contributed by atoms with Crippen LogP contribution in [0.25, 0.3) is 0 Å². The van der Waals surface area contributed by atoms with Gasteiger partial charge < -0.3 is 20.6 Å². The van der Waals surface area contributed by atoms with Gasteiger partial charge in [-0.2, -0.15) is 5.10 Å². The number of nitrogens with one attached hydrogen (secondary N) is 2. The molecule has 2 heterocycles. The van der Waals surface area contributed by atoms with E-state index < -0.39 is 6.10 Å². The third-order valence-corrected chi connectivity index (χ3v) is 4.45. The molecule has 1 aromatic heterocycles. The first-order chi connectivity index (χ1) is 10.6. The Morgan fingerprint density at radius 3 is 3.00 bits per heavy atom. The molecule has 122 valence electrons. The lowest BCUT2D eigenvalue weighted by molar-refractivity contribution is 0.148. The summed E-state index contributed by atoms with van der Waals surface area (Å²) in [5.74, 6) is 0.385. The molecular weight excluding hydrogens is 282 g/mol. The minimum Gasteiger partial charge on any atom is -0.391 e. The molecular formula is C15H25N5O2. The maximum atomic E-state index is 11.9. The second-order valence-electron chi connectivity index (χ2n) is 6.42. The molecule has 1 aliphatic heterocycles. The standard InChI is InChI=1S/C15H25N5O2/c1-19-10-13(7-17-19)20-6-2-3-12(9-20)18-15(22)16-8-14(21)11-4-5-11/h7,10-12,14,21H,2-6,8-9H2,1H3,(H2,16,18,22)/t12-,14-/m0/s1. The van der Waals surface area contributed by atoms with Crippen LogP contribution in [0.3, 0.4) is 0 Å². The topological polar surface area (TPSA) is 82.4 Å². The number of hydrogen-bond acceptors (Lipinski definition) is 4. The monoisotopic (exact) mass is 307 g/mol. The first-order valence-corrected chi connectivity index (χ1v) is 8.08. The van der Waals surface area contributed by atoms with Crippen molar-refractivity contribution in [3.05, 3.63) is 12.4 Å². The van der Waals surface area contributed by atoms with Crippen LogP contribution in [0.1, 0.15) is 25.7 Å². The fourth-order valence-electron chi connectivity index (χ4n) is 2.98. The zero-order chi connectivity index (χ0) is 15.5. The number of nitrogens with zero attached hydrogens (tertiary/aromatic N) is 3. The van der Waals surface area contributed by atoms with Crippen LogP contribution in [-0.4, -0.2) is 52.7 Å². The molecule has 1 aliphatic carbocycles. The number of hydrogen-bond donors (Lipinski definition) is 3. The van der Waals surface area contributed by atoms with E-state index in [0.29, 0.717) is 12.5 Å². The number of aliphatic hydroxyl groups excluding tert-OH is 1. The molecule has 7 heteroatoms. The van der Waals surface area contributed by atoms with Gasteiger partial charge in [-0.25, -0.2) is 4.79 Å². The van der Waals surface area contributed by atoms with Crippen LogP contribution in [0.2, 0.25) is 0 Å². The number of amides is 2. The van der Waals surface area contributed by atoms with Gasteiger partial charge in [-0.1, -0.05) is 0 Å². The molecule has 2 fully saturated rings. The normalized spacial score (nSPS) is 23.2. The molecule has 1 aromatic rings. The highest BCUT2D eigenvalue weighted by Crippen LogP contribution is 2.32. The number of aromatic nitrogens is 2. The highest BCUT2D eigenvalue weighted by atomic mass is 16.3. The van der Waals surface area contributed by atoms with Crippen molar-refractivity contribution in [2.75, 3.05) is 24.5 Å². The highest BCUT2D eigenvalue weighted by molar-refractivity contribution is 5.74. The number of anilines is 1. The SMILES string of the molecule is Cn1cc(N2CCC[C@H](NC(=O)NC[C@H](O)C3CC3)C2)cn1. The van der Waals surface area contributed by atoms with E-state index in [4.69, 9.17) is 0 Å². The van der Waals surface area contributed by atoms with E-state index in [1.54, 1.807) is 4.68 Å². The number of carbonyl (C=O) groups excluding carboxylic acids is 1. The Balaban J connectivity index is 1.44. The van der Waals surface area contributed by atoms with Crippen LogP contribution in [0, 0.1) is 5.92 Å². The van der Waals surface area contributed by atoms with Crippen molar-refractivity contribution in [2.24, 2.45) is 13.0 Å². The van der Waals surface area contributed by atoms with Crippen LogP contribution in [0.5, 0.6) is 0 Å². The number of piperidine rings is 1. The zero-order valence-corrected chi connectivity index (χ0v) is 13.0. The van der Waals surface area contributed by atoms with Crippen LogP contribution in [0.15, 0.2) is 12.4 Å². The minimum atomic E-state index is -0.399. The predicted octanol–water partition coefficient (Wildman–Crippen LogP) is 0.459. The van der Waals surface area contributed by atoms with Gasteiger partial charge in [0.25, 0.3) is 0 Å². The van der Waals surface area contributed by atoms with Gasteiger partial charge in [0.05, 0.1) is 18.0 Å². The summed E-state index contributed by atoms with van der Waals surface area (Å²) in [5, 5.41) is 19.8. The zero-order valence-electron chi connectivity index (χ0n) is 13.0. The van der Waals surface area contributed by atoms with E-state index in [-0.39, 0.29) is 12.1 Å². The molecule has 0 aromatic carbocycles. The van der Waals surface area contributed by atoms with E-state index in [9.17, 15) is 9.90 Å². The van der Waals surface area contributed by atoms with Gasteiger partial charge in [0.15, 0.2) is 0 Å². The fraction of sp³-hybridized carbons (Fsp3) is 0.733. The molecule has 2 aliphatic rings. The molecule has 0 radical (unpaired) electrons. The lowest BCUT2D eigenvalue weighted by Crippen LogP contribution is -2.51. The Kier molecular flexibility index (Phi) is 4.52. The van der Waals surface area contributed by atoms with Crippen molar-refractivity contribution in [3.8, 4) is 0 Å². The van der Waals surface area contributed by atoms with Crippen molar-refractivity contribution in [1.82, 2.24) is 20.4 Å². The van der Waals surface area contributed by atoms with Crippen LogP contribution >= 0.6 is 0 Å². The fourth-order valence-corrected chi connectivity index (χ4v) is 2.98. The smallest absolute Gasteiger partial charge is 0.315 e. The molecule has 7 nitrogen and oxygen atoms in total. The molecule has 3 N–H and O–H groups in total. The Morgan fingerprint density at radius 1 is 1.50 bits per heavy atom. The van der Waals surface area contributed by atoms with E-state index >= 15 is 0 Å². The first kappa shape index (κ1) is 15.1. The van der Waals surface area contributed by atoms with Crippen LogP contribution < -0.4 is 15.5 Å². The molecule has 3 rings (SSSR count). The Bertz CT molecular complexity index is 514. The molecule has 22 heavy (non-hydrogen) atoms.